The van der Waals surface area contributed by atoms with Crippen LogP contribution in [0.25, 0.3) is 0 Å². The van der Waals surface area contributed by atoms with Crippen LogP contribution in [0.5, 0.6) is 0 Å². The molecule has 1 fully saturated rings. The fraction of sp³-hybridized carbons (Fsp3) is 0.100. The van der Waals surface area contributed by atoms with E-state index < -0.39 is 21.1 Å². The van der Waals surface area contributed by atoms with Crippen LogP contribution in [0.2, 0.25) is 0 Å². The number of nitrogens with one attached hydrogen (secondary N) is 1. The van der Waals surface area contributed by atoms with E-state index in [0.29, 0.717) is 5.56 Å². The Balaban J connectivity index is 1.76. The average Bonchev–Trinajstić information content (AvgIpc) is 3.16. The standard InChI is InChI=1S/C20H14N6O5S/c21-19-24(20-22-10-1-11-23-20)16(12-2-6-14(7-3-12)25(28)29)18(32-19)17(27)13-4-8-15(9-5-13)26(30)31/h1-11,16,18,21H. The lowest BCUT2D eigenvalue weighted by Crippen LogP contribution is -2.33. The molecule has 0 spiro atoms. The van der Waals surface area contributed by atoms with E-state index >= 15 is 0 Å². The maximum atomic E-state index is 13.3. The maximum Gasteiger partial charge on any atom is 0.269 e. The molecule has 2 atom stereocenters. The number of rotatable bonds is 6. The number of hydrogen-bond donors (Lipinski definition) is 1. The summed E-state index contributed by atoms with van der Waals surface area (Å²) in [5.74, 6) is -0.121. The van der Waals surface area contributed by atoms with Crippen molar-refractivity contribution in [3.05, 3.63) is 98.3 Å². The zero-order valence-electron chi connectivity index (χ0n) is 16.2. The van der Waals surface area contributed by atoms with Crippen molar-refractivity contribution in [1.29, 1.82) is 5.41 Å². The van der Waals surface area contributed by atoms with Gasteiger partial charge in [0.25, 0.3) is 11.4 Å². The first-order chi connectivity index (χ1) is 15.4. The van der Waals surface area contributed by atoms with Crippen molar-refractivity contribution in [3.8, 4) is 0 Å². The van der Waals surface area contributed by atoms with Gasteiger partial charge in [-0.1, -0.05) is 23.9 Å². The molecule has 160 valence electrons. The Morgan fingerprint density at radius 3 is 2.00 bits per heavy atom. The van der Waals surface area contributed by atoms with Crippen molar-refractivity contribution in [1.82, 2.24) is 9.97 Å². The number of ketones is 1. The third-order valence-electron chi connectivity index (χ3n) is 4.86. The topological polar surface area (TPSA) is 156 Å². The number of carbonyl (C=O) groups is 1. The Labute approximate surface area is 184 Å². The summed E-state index contributed by atoms with van der Waals surface area (Å²) in [4.78, 5) is 44.1. The Kier molecular flexibility index (Phi) is 5.60. The fourth-order valence-corrected chi connectivity index (χ4v) is 4.56. The molecule has 11 nitrogen and oxygen atoms in total. The van der Waals surface area contributed by atoms with Crippen molar-refractivity contribution >= 4 is 40.0 Å². The lowest BCUT2D eigenvalue weighted by molar-refractivity contribution is -0.385. The molecule has 2 heterocycles. The van der Waals surface area contributed by atoms with Crippen LogP contribution in [0.4, 0.5) is 17.3 Å². The van der Waals surface area contributed by atoms with E-state index in [-0.39, 0.29) is 33.8 Å². The number of carbonyl (C=O) groups excluding carboxylic acids is 1. The first-order valence-electron chi connectivity index (χ1n) is 9.21. The van der Waals surface area contributed by atoms with Crippen molar-refractivity contribution in [2.45, 2.75) is 11.3 Å². The number of thioether (sulfide) groups is 1. The number of aromatic nitrogens is 2. The average molecular weight is 450 g/mol. The fourth-order valence-electron chi connectivity index (χ4n) is 3.36. The van der Waals surface area contributed by atoms with Gasteiger partial charge in [0.1, 0.15) is 5.25 Å². The van der Waals surface area contributed by atoms with Gasteiger partial charge in [-0.15, -0.1) is 0 Å². The SMILES string of the molecule is N=C1SC(C(=O)c2ccc([N+](=O)[O-])cc2)C(c2ccc([N+](=O)[O-])cc2)N1c1ncccn1. The second kappa shape index (κ2) is 8.51. The highest BCUT2D eigenvalue weighted by atomic mass is 32.2. The number of amidine groups is 1. The number of nitrogens with zero attached hydrogens (tertiary/aromatic N) is 5. The molecule has 3 aromatic rings. The predicted molar refractivity (Wildman–Crippen MR) is 117 cm³/mol. The highest BCUT2D eigenvalue weighted by molar-refractivity contribution is 8.15. The first kappa shape index (κ1) is 21.1. The lowest BCUT2D eigenvalue weighted by atomic mass is 9.96. The van der Waals surface area contributed by atoms with Gasteiger partial charge in [-0.05, 0) is 23.8 Å². The summed E-state index contributed by atoms with van der Waals surface area (Å²) >= 11 is 1.01. The third-order valence-corrected chi connectivity index (χ3v) is 6.00. The van der Waals surface area contributed by atoms with Gasteiger partial charge in [0.05, 0.1) is 15.9 Å². The molecule has 32 heavy (non-hydrogen) atoms. The molecule has 1 aliphatic rings. The van der Waals surface area contributed by atoms with Crippen LogP contribution in [0.3, 0.4) is 0 Å². The van der Waals surface area contributed by atoms with Crippen molar-refractivity contribution in [2.24, 2.45) is 0 Å². The molecule has 1 aliphatic heterocycles. The van der Waals surface area contributed by atoms with E-state index in [9.17, 15) is 25.0 Å². The minimum atomic E-state index is -0.797. The Morgan fingerprint density at radius 1 is 0.938 bits per heavy atom. The number of anilines is 1. The summed E-state index contributed by atoms with van der Waals surface area (Å²) < 4.78 is 0. The van der Waals surface area contributed by atoms with Crippen LogP contribution < -0.4 is 4.90 Å². The highest BCUT2D eigenvalue weighted by Gasteiger charge is 2.45. The van der Waals surface area contributed by atoms with Crippen molar-refractivity contribution < 1.29 is 14.6 Å². The van der Waals surface area contributed by atoms with Gasteiger partial charge in [0.2, 0.25) is 5.95 Å². The molecule has 4 rings (SSSR count). The number of hydrogen-bond acceptors (Lipinski definition) is 9. The van der Waals surface area contributed by atoms with Gasteiger partial charge < -0.3 is 0 Å². The van der Waals surface area contributed by atoms with E-state index in [1.165, 1.54) is 65.8 Å². The molecule has 1 aromatic heterocycles. The van der Waals surface area contributed by atoms with E-state index in [0.717, 1.165) is 11.8 Å². The molecule has 1 N–H and O–H groups in total. The molecular formula is C20H14N6O5S. The molecule has 0 radical (unpaired) electrons. The Bertz CT molecular complexity index is 1200. The molecule has 1 saturated heterocycles. The zero-order chi connectivity index (χ0) is 22.8. The molecular weight excluding hydrogens is 436 g/mol. The lowest BCUT2D eigenvalue weighted by Gasteiger charge is -2.26. The minimum Gasteiger partial charge on any atom is -0.293 e. The number of nitro benzene ring substituents is 2. The van der Waals surface area contributed by atoms with Gasteiger partial charge in [0, 0.05) is 42.2 Å². The van der Waals surface area contributed by atoms with Gasteiger partial charge in [-0.3, -0.25) is 35.3 Å². The summed E-state index contributed by atoms with van der Waals surface area (Å²) in [6, 6.07) is 11.9. The van der Waals surface area contributed by atoms with Gasteiger partial charge >= 0.3 is 0 Å². The van der Waals surface area contributed by atoms with Crippen molar-refractivity contribution in [2.75, 3.05) is 4.90 Å². The van der Waals surface area contributed by atoms with E-state index in [1.54, 1.807) is 6.07 Å². The molecule has 12 heteroatoms. The largest absolute Gasteiger partial charge is 0.293 e. The van der Waals surface area contributed by atoms with E-state index in [1.807, 2.05) is 0 Å². The van der Waals surface area contributed by atoms with Crippen LogP contribution in [0.1, 0.15) is 22.0 Å². The monoisotopic (exact) mass is 450 g/mol. The van der Waals surface area contributed by atoms with Gasteiger partial charge in [-0.2, -0.15) is 0 Å². The molecule has 0 bridgehead atoms. The quantitative estimate of drug-likeness (QED) is 0.335. The number of non-ortho nitro benzene ring substituents is 2. The molecule has 2 aromatic carbocycles. The van der Waals surface area contributed by atoms with Crippen LogP contribution in [0, 0.1) is 25.6 Å². The van der Waals surface area contributed by atoms with E-state index in [4.69, 9.17) is 5.41 Å². The van der Waals surface area contributed by atoms with Gasteiger partial charge in [0.15, 0.2) is 11.0 Å². The number of benzene rings is 2. The third kappa shape index (κ3) is 3.90. The molecule has 0 amide bonds. The van der Waals surface area contributed by atoms with Crippen molar-refractivity contribution in [3.63, 3.8) is 0 Å². The smallest absolute Gasteiger partial charge is 0.269 e. The second-order valence-electron chi connectivity index (χ2n) is 6.72. The van der Waals surface area contributed by atoms with E-state index in [2.05, 4.69) is 9.97 Å². The van der Waals surface area contributed by atoms with Crippen LogP contribution in [-0.4, -0.2) is 36.0 Å². The molecule has 0 saturated carbocycles. The maximum absolute atomic E-state index is 13.3. The van der Waals surface area contributed by atoms with Gasteiger partial charge in [-0.25, -0.2) is 9.97 Å². The summed E-state index contributed by atoms with van der Waals surface area (Å²) in [7, 11) is 0. The molecule has 2 unspecified atom stereocenters. The summed E-state index contributed by atoms with van der Waals surface area (Å²) in [6.07, 6.45) is 3.03. The highest BCUT2D eigenvalue weighted by Crippen LogP contribution is 2.44. The Hall–Kier alpha value is -4.19. The summed E-state index contributed by atoms with van der Waals surface area (Å²) in [5.41, 5.74) is 0.580. The summed E-state index contributed by atoms with van der Waals surface area (Å²) in [5, 5.41) is 29.7. The number of nitro groups is 2. The number of Topliss-reactive ketones (excluding diaryl/α,β-unsaturated/α-hetero) is 1. The first-order valence-corrected chi connectivity index (χ1v) is 10.1. The predicted octanol–water partition coefficient (Wildman–Crippen LogP) is 3.77. The minimum absolute atomic E-state index is 0.0415. The second-order valence-corrected chi connectivity index (χ2v) is 7.85. The zero-order valence-corrected chi connectivity index (χ0v) is 17.0. The van der Waals surface area contributed by atoms with Crippen LogP contribution in [0.15, 0.2) is 67.0 Å². The molecule has 0 aliphatic carbocycles. The Morgan fingerprint density at radius 2 is 1.47 bits per heavy atom. The normalized spacial score (nSPS) is 17.9. The van der Waals surface area contributed by atoms with Crippen LogP contribution >= 0.6 is 11.8 Å². The summed E-state index contributed by atoms with van der Waals surface area (Å²) in [6.45, 7) is 0. The van der Waals surface area contributed by atoms with Crippen LogP contribution in [-0.2, 0) is 0 Å².